The number of carbonyl (C=O) groups excluding carboxylic acids is 1. The van der Waals surface area contributed by atoms with Gasteiger partial charge in [0.05, 0.1) is 11.9 Å². The van der Waals surface area contributed by atoms with Crippen LogP contribution in [0.3, 0.4) is 0 Å². The van der Waals surface area contributed by atoms with Gasteiger partial charge in [-0.3, -0.25) is 9.48 Å². The van der Waals surface area contributed by atoms with Crippen molar-refractivity contribution in [1.82, 2.24) is 20.1 Å². The van der Waals surface area contributed by atoms with Crippen LogP contribution < -0.4 is 11.1 Å². The van der Waals surface area contributed by atoms with E-state index in [4.69, 9.17) is 5.73 Å². The number of aromatic nitrogens is 3. The summed E-state index contributed by atoms with van der Waals surface area (Å²) in [7, 11) is 1.85. The fourth-order valence-corrected chi connectivity index (χ4v) is 2.61. The molecule has 0 bridgehead atoms. The molecule has 108 valence electrons. The maximum atomic E-state index is 12.1. The Morgan fingerprint density at radius 2 is 2.25 bits per heavy atom. The van der Waals surface area contributed by atoms with Crippen LogP contribution in [0.4, 0.5) is 0 Å². The van der Waals surface area contributed by atoms with Crippen LogP contribution in [-0.2, 0) is 7.05 Å². The second-order valence-corrected chi connectivity index (χ2v) is 6.51. The van der Waals surface area contributed by atoms with Crippen molar-refractivity contribution in [2.75, 3.05) is 6.54 Å². The lowest BCUT2D eigenvalue weighted by Crippen LogP contribution is -2.45. The summed E-state index contributed by atoms with van der Waals surface area (Å²) in [6, 6.07) is 0. The molecular formula is C13H19N5OS. The minimum Gasteiger partial charge on any atom is -0.349 e. The fourth-order valence-electron chi connectivity index (χ4n) is 1.65. The molecule has 0 aliphatic rings. The first-order valence-electron chi connectivity index (χ1n) is 6.30. The molecule has 0 spiro atoms. The summed E-state index contributed by atoms with van der Waals surface area (Å²) in [5.74, 6) is -0.131. The minimum absolute atomic E-state index is 0.131. The van der Waals surface area contributed by atoms with E-state index in [1.54, 1.807) is 10.9 Å². The Labute approximate surface area is 122 Å². The molecule has 0 radical (unpaired) electrons. The first-order valence-corrected chi connectivity index (χ1v) is 7.11. The normalized spacial score (nSPS) is 11.7. The molecule has 2 aromatic heterocycles. The van der Waals surface area contributed by atoms with E-state index in [9.17, 15) is 4.79 Å². The molecule has 2 heterocycles. The number of carbonyl (C=O) groups is 1. The van der Waals surface area contributed by atoms with Crippen LogP contribution in [0.15, 0.2) is 12.4 Å². The van der Waals surface area contributed by atoms with Gasteiger partial charge in [0.2, 0.25) is 0 Å². The number of nitrogens with zero attached hydrogens (tertiary/aromatic N) is 3. The molecule has 7 heteroatoms. The van der Waals surface area contributed by atoms with Crippen LogP contribution in [0.5, 0.6) is 0 Å². The van der Waals surface area contributed by atoms with Gasteiger partial charge in [-0.05, 0) is 20.8 Å². The van der Waals surface area contributed by atoms with Crippen LogP contribution in [-0.4, -0.2) is 32.8 Å². The highest BCUT2D eigenvalue weighted by Gasteiger charge is 2.19. The highest BCUT2D eigenvalue weighted by atomic mass is 32.1. The average Bonchev–Trinajstić information content (AvgIpc) is 2.91. The Hall–Kier alpha value is -1.73. The van der Waals surface area contributed by atoms with Crippen molar-refractivity contribution < 1.29 is 4.79 Å². The van der Waals surface area contributed by atoms with Crippen LogP contribution in [0.2, 0.25) is 0 Å². The van der Waals surface area contributed by atoms with Gasteiger partial charge in [-0.15, -0.1) is 11.3 Å². The predicted octanol–water partition coefficient (Wildman–Crippen LogP) is 1.32. The molecule has 2 rings (SSSR count). The number of hydrogen-bond acceptors (Lipinski definition) is 5. The lowest BCUT2D eigenvalue weighted by molar-refractivity contribution is 0.0949. The van der Waals surface area contributed by atoms with E-state index in [-0.39, 0.29) is 5.91 Å². The highest BCUT2D eigenvalue weighted by molar-refractivity contribution is 7.17. The third kappa shape index (κ3) is 3.43. The van der Waals surface area contributed by atoms with E-state index in [1.165, 1.54) is 11.3 Å². The molecule has 0 fully saturated rings. The van der Waals surface area contributed by atoms with E-state index in [0.29, 0.717) is 11.4 Å². The number of thiazole rings is 1. The molecule has 1 amide bonds. The standard InChI is InChI=1S/C13H19N5OS/c1-8-10(11(19)15-7-13(2,3)14)20-12(17-8)9-5-16-18(4)6-9/h5-6H,7,14H2,1-4H3,(H,15,19). The number of aryl methyl sites for hydroxylation is 2. The summed E-state index contributed by atoms with van der Waals surface area (Å²) < 4.78 is 1.71. The topological polar surface area (TPSA) is 85.8 Å². The van der Waals surface area contributed by atoms with Crippen molar-refractivity contribution in [3.05, 3.63) is 23.0 Å². The molecule has 2 aromatic rings. The predicted molar refractivity (Wildman–Crippen MR) is 79.7 cm³/mol. The van der Waals surface area contributed by atoms with Crippen LogP contribution in [0, 0.1) is 6.92 Å². The zero-order valence-electron chi connectivity index (χ0n) is 12.1. The quantitative estimate of drug-likeness (QED) is 0.890. The van der Waals surface area contributed by atoms with Crippen LogP contribution >= 0.6 is 11.3 Å². The highest BCUT2D eigenvalue weighted by Crippen LogP contribution is 2.27. The van der Waals surface area contributed by atoms with Crippen molar-refractivity contribution in [1.29, 1.82) is 0 Å². The SMILES string of the molecule is Cc1nc(-c2cnn(C)c2)sc1C(=O)NCC(C)(C)N. The summed E-state index contributed by atoms with van der Waals surface area (Å²) in [4.78, 5) is 17.2. The Balaban J connectivity index is 2.17. The van der Waals surface area contributed by atoms with Gasteiger partial charge < -0.3 is 11.1 Å². The second kappa shape index (κ2) is 5.34. The van der Waals surface area contributed by atoms with Gasteiger partial charge in [0.15, 0.2) is 0 Å². The summed E-state index contributed by atoms with van der Waals surface area (Å²) in [5, 5.41) is 7.75. The molecule has 6 nitrogen and oxygen atoms in total. The van der Waals surface area contributed by atoms with E-state index < -0.39 is 5.54 Å². The lowest BCUT2D eigenvalue weighted by atomic mass is 10.1. The van der Waals surface area contributed by atoms with E-state index in [2.05, 4.69) is 15.4 Å². The van der Waals surface area contributed by atoms with E-state index >= 15 is 0 Å². The molecule has 20 heavy (non-hydrogen) atoms. The summed E-state index contributed by atoms with van der Waals surface area (Å²) in [5.41, 5.74) is 7.07. The van der Waals surface area contributed by atoms with Gasteiger partial charge in [0.1, 0.15) is 9.88 Å². The maximum absolute atomic E-state index is 12.1. The fraction of sp³-hybridized carbons (Fsp3) is 0.462. The molecule has 0 saturated heterocycles. The second-order valence-electron chi connectivity index (χ2n) is 5.51. The molecule has 0 unspecified atom stereocenters. The third-order valence-corrected chi connectivity index (χ3v) is 3.86. The van der Waals surface area contributed by atoms with Crippen LogP contribution in [0.1, 0.15) is 29.2 Å². The van der Waals surface area contributed by atoms with Gasteiger partial charge in [-0.1, -0.05) is 0 Å². The molecule has 0 saturated carbocycles. The van der Waals surface area contributed by atoms with E-state index in [0.717, 1.165) is 16.3 Å². The van der Waals surface area contributed by atoms with Crippen molar-refractivity contribution >= 4 is 17.2 Å². The van der Waals surface area contributed by atoms with Gasteiger partial charge in [0.25, 0.3) is 5.91 Å². The molecule has 0 aromatic carbocycles. The summed E-state index contributed by atoms with van der Waals surface area (Å²) in [6.07, 6.45) is 3.62. The molecule has 0 atom stereocenters. The van der Waals surface area contributed by atoms with Crippen molar-refractivity contribution in [3.63, 3.8) is 0 Å². The molecule has 0 aliphatic heterocycles. The molecule has 0 aliphatic carbocycles. The number of nitrogens with two attached hydrogens (primary N) is 1. The van der Waals surface area contributed by atoms with Gasteiger partial charge >= 0.3 is 0 Å². The van der Waals surface area contributed by atoms with Gasteiger partial charge in [-0.2, -0.15) is 5.10 Å². The first-order chi connectivity index (χ1) is 9.26. The zero-order valence-corrected chi connectivity index (χ0v) is 12.9. The van der Waals surface area contributed by atoms with Gasteiger partial charge in [0, 0.05) is 30.9 Å². The van der Waals surface area contributed by atoms with Crippen molar-refractivity contribution in [2.24, 2.45) is 12.8 Å². The van der Waals surface area contributed by atoms with Crippen molar-refractivity contribution in [3.8, 4) is 10.6 Å². The minimum atomic E-state index is -0.430. The number of amides is 1. The largest absolute Gasteiger partial charge is 0.349 e. The zero-order chi connectivity index (χ0) is 14.9. The summed E-state index contributed by atoms with van der Waals surface area (Å²) in [6.45, 7) is 5.99. The number of rotatable bonds is 4. The lowest BCUT2D eigenvalue weighted by Gasteiger charge is -2.18. The number of nitrogens with one attached hydrogen (secondary N) is 1. The van der Waals surface area contributed by atoms with Crippen molar-refractivity contribution in [2.45, 2.75) is 26.3 Å². The molecular weight excluding hydrogens is 274 g/mol. The third-order valence-electron chi connectivity index (χ3n) is 2.66. The smallest absolute Gasteiger partial charge is 0.263 e. The average molecular weight is 293 g/mol. The Bertz CT molecular complexity index is 623. The maximum Gasteiger partial charge on any atom is 0.263 e. The van der Waals surface area contributed by atoms with Crippen LogP contribution in [0.25, 0.3) is 10.6 Å². The molecule has 3 N–H and O–H groups in total. The monoisotopic (exact) mass is 293 g/mol. The first kappa shape index (κ1) is 14.7. The Morgan fingerprint density at radius 3 is 2.80 bits per heavy atom. The van der Waals surface area contributed by atoms with Gasteiger partial charge in [-0.25, -0.2) is 4.98 Å². The summed E-state index contributed by atoms with van der Waals surface area (Å²) >= 11 is 1.37. The Kier molecular flexibility index (Phi) is 3.92. The Morgan fingerprint density at radius 1 is 1.55 bits per heavy atom. The number of hydrogen-bond donors (Lipinski definition) is 2. The van der Waals surface area contributed by atoms with E-state index in [1.807, 2.05) is 34.0 Å².